The third-order valence-electron chi connectivity index (χ3n) is 5.92. The predicted octanol–water partition coefficient (Wildman–Crippen LogP) is 6.35. The molecular formula is C28H21FN2O3S. The van der Waals surface area contributed by atoms with E-state index >= 15 is 0 Å². The molecule has 174 valence electrons. The van der Waals surface area contributed by atoms with E-state index in [4.69, 9.17) is 0 Å². The molecule has 0 bridgehead atoms. The van der Waals surface area contributed by atoms with Crippen LogP contribution in [0.5, 0.6) is 0 Å². The van der Waals surface area contributed by atoms with Crippen LogP contribution >= 0.6 is 11.3 Å². The molecule has 1 aliphatic heterocycles. The molecular weight excluding hydrogens is 463 g/mol. The van der Waals surface area contributed by atoms with Gasteiger partial charge in [0.05, 0.1) is 22.2 Å². The summed E-state index contributed by atoms with van der Waals surface area (Å²) in [5, 5.41) is 11.6. The SMILES string of the molecule is Cc1cccc(C2C(C(=O)c3sc(-c4ccccc4)nc3C)=C(O)C(=O)N2c2cccc(F)c2)c1. The zero-order valence-corrected chi connectivity index (χ0v) is 19.8. The summed E-state index contributed by atoms with van der Waals surface area (Å²) in [6.07, 6.45) is 0. The van der Waals surface area contributed by atoms with Crippen LogP contribution in [-0.2, 0) is 4.79 Å². The normalized spacial score (nSPS) is 15.7. The topological polar surface area (TPSA) is 70.5 Å². The smallest absolute Gasteiger partial charge is 0.294 e. The predicted molar refractivity (Wildman–Crippen MR) is 134 cm³/mol. The standard InChI is InChI=1S/C28H21FN2O3S/c1-16-8-6-11-19(14-16)23-22(25(33)28(34)31(23)21-13-7-12-20(29)15-21)24(32)26-17(2)30-27(35-26)18-9-4-3-5-10-18/h3-15,23,33H,1-2H3. The Balaban J connectivity index is 1.65. The van der Waals surface area contributed by atoms with E-state index in [1.165, 1.54) is 34.4 Å². The second kappa shape index (κ2) is 8.92. The zero-order chi connectivity index (χ0) is 24.7. The maximum absolute atomic E-state index is 14.1. The van der Waals surface area contributed by atoms with Crippen molar-refractivity contribution in [3.05, 3.63) is 118 Å². The molecule has 7 heteroatoms. The van der Waals surface area contributed by atoms with Gasteiger partial charge < -0.3 is 5.11 Å². The molecule has 0 fully saturated rings. The minimum atomic E-state index is -0.918. The number of anilines is 1. The highest BCUT2D eigenvalue weighted by Crippen LogP contribution is 2.43. The maximum Gasteiger partial charge on any atom is 0.294 e. The van der Waals surface area contributed by atoms with E-state index in [1.54, 1.807) is 19.1 Å². The van der Waals surface area contributed by atoms with Crippen LogP contribution in [0.3, 0.4) is 0 Å². The first-order valence-corrected chi connectivity index (χ1v) is 11.8. The molecule has 0 saturated carbocycles. The van der Waals surface area contributed by atoms with Gasteiger partial charge in [-0.25, -0.2) is 9.37 Å². The molecule has 1 unspecified atom stereocenters. The molecule has 2 heterocycles. The highest BCUT2D eigenvalue weighted by molar-refractivity contribution is 7.17. The Kier molecular flexibility index (Phi) is 5.78. The Morgan fingerprint density at radius 2 is 1.74 bits per heavy atom. The molecule has 1 amide bonds. The largest absolute Gasteiger partial charge is 0.503 e. The number of aryl methyl sites for hydroxylation is 2. The molecule has 35 heavy (non-hydrogen) atoms. The summed E-state index contributed by atoms with van der Waals surface area (Å²) in [6.45, 7) is 3.63. The zero-order valence-electron chi connectivity index (χ0n) is 19.0. The summed E-state index contributed by atoms with van der Waals surface area (Å²) < 4.78 is 14.1. The van der Waals surface area contributed by atoms with Crippen molar-refractivity contribution in [2.24, 2.45) is 0 Å². The Hall–Kier alpha value is -4.10. The molecule has 1 aliphatic rings. The van der Waals surface area contributed by atoms with E-state index in [2.05, 4.69) is 4.98 Å². The van der Waals surface area contributed by atoms with Crippen LogP contribution in [0, 0.1) is 19.7 Å². The van der Waals surface area contributed by atoms with Crippen molar-refractivity contribution >= 4 is 28.7 Å². The quantitative estimate of drug-likeness (QED) is 0.335. The molecule has 0 radical (unpaired) electrons. The molecule has 5 nitrogen and oxygen atoms in total. The van der Waals surface area contributed by atoms with Crippen molar-refractivity contribution in [1.82, 2.24) is 4.98 Å². The molecule has 5 rings (SSSR count). The first-order valence-electron chi connectivity index (χ1n) is 11.0. The molecule has 0 aliphatic carbocycles. The summed E-state index contributed by atoms with van der Waals surface area (Å²) in [7, 11) is 0. The first-order chi connectivity index (χ1) is 16.8. The van der Waals surface area contributed by atoms with Crippen LogP contribution < -0.4 is 4.90 Å². The average Bonchev–Trinajstić information content (AvgIpc) is 3.37. The monoisotopic (exact) mass is 484 g/mol. The van der Waals surface area contributed by atoms with Crippen molar-refractivity contribution in [2.75, 3.05) is 4.90 Å². The molecule has 1 N–H and O–H groups in total. The summed E-state index contributed by atoms with van der Waals surface area (Å²) >= 11 is 1.21. The van der Waals surface area contributed by atoms with Crippen LogP contribution in [-0.4, -0.2) is 21.8 Å². The lowest BCUT2D eigenvalue weighted by Crippen LogP contribution is -2.31. The van der Waals surface area contributed by atoms with Gasteiger partial charge in [-0.15, -0.1) is 11.3 Å². The van der Waals surface area contributed by atoms with E-state index in [1.807, 2.05) is 55.5 Å². The van der Waals surface area contributed by atoms with Gasteiger partial charge in [0.2, 0.25) is 5.78 Å². The van der Waals surface area contributed by atoms with Crippen LogP contribution in [0.2, 0.25) is 0 Å². The van der Waals surface area contributed by atoms with Crippen LogP contribution in [0.1, 0.15) is 32.5 Å². The van der Waals surface area contributed by atoms with Crippen molar-refractivity contribution in [3.63, 3.8) is 0 Å². The number of Topliss-reactive ketones (excluding diaryl/α,β-unsaturated/α-hetero) is 1. The molecule has 0 saturated heterocycles. The van der Waals surface area contributed by atoms with E-state index in [9.17, 15) is 19.1 Å². The Labute approximate surface area is 205 Å². The fourth-order valence-electron chi connectivity index (χ4n) is 4.32. The fourth-order valence-corrected chi connectivity index (χ4v) is 5.34. The van der Waals surface area contributed by atoms with Gasteiger partial charge in [0.15, 0.2) is 5.76 Å². The van der Waals surface area contributed by atoms with Gasteiger partial charge in [0, 0.05) is 11.3 Å². The van der Waals surface area contributed by atoms with Crippen molar-refractivity contribution in [2.45, 2.75) is 19.9 Å². The average molecular weight is 485 g/mol. The summed E-state index contributed by atoms with van der Waals surface area (Å²) in [5.74, 6) is -2.39. The minimum absolute atomic E-state index is 0.0452. The van der Waals surface area contributed by atoms with Crippen LogP contribution in [0.15, 0.2) is 90.2 Å². The van der Waals surface area contributed by atoms with Gasteiger partial charge in [-0.1, -0.05) is 66.2 Å². The third-order valence-corrected chi connectivity index (χ3v) is 7.13. The number of aromatic nitrogens is 1. The second-order valence-electron chi connectivity index (χ2n) is 8.36. The lowest BCUT2D eigenvalue weighted by atomic mass is 9.94. The molecule has 4 aromatic rings. The second-order valence-corrected chi connectivity index (χ2v) is 9.36. The highest BCUT2D eigenvalue weighted by atomic mass is 32.1. The highest BCUT2D eigenvalue weighted by Gasteiger charge is 2.45. The molecule has 3 aromatic carbocycles. The van der Waals surface area contributed by atoms with E-state index in [-0.39, 0.29) is 11.3 Å². The van der Waals surface area contributed by atoms with E-state index < -0.39 is 29.3 Å². The van der Waals surface area contributed by atoms with Crippen molar-refractivity contribution in [3.8, 4) is 10.6 Å². The number of ketones is 1. The van der Waals surface area contributed by atoms with Gasteiger partial charge in [-0.2, -0.15) is 0 Å². The number of amides is 1. The number of hydrogen-bond donors (Lipinski definition) is 1. The van der Waals surface area contributed by atoms with Gasteiger partial charge >= 0.3 is 0 Å². The number of carbonyl (C=O) groups is 2. The van der Waals surface area contributed by atoms with Crippen LogP contribution in [0.25, 0.3) is 10.6 Å². The number of aliphatic hydroxyl groups excluding tert-OH is 1. The molecule has 1 aromatic heterocycles. The lowest BCUT2D eigenvalue weighted by Gasteiger charge is -2.27. The summed E-state index contributed by atoms with van der Waals surface area (Å²) in [6, 6.07) is 21.5. The maximum atomic E-state index is 14.1. The van der Waals surface area contributed by atoms with Crippen molar-refractivity contribution < 1.29 is 19.1 Å². The van der Waals surface area contributed by atoms with E-state index in [0.717, 1.165) is 11.1 Å². The van der Waals surface area contributed by atoms with Crippen LogP contribution in [0.4, 0.5) is 10.1 Å². The number of aliphatic hydroxyl groups is 1. The Morgan fingerprint density at radius 3 is 2.46 bits per heavy atom. The van der Waals surface area contributed by atoms with Gasteiger partial charge in [-0.3, -0.25) is 14.5 Å². The number of nitrogens with zero attached hydrogens (tertiary/aromatic N) is 2. The van der Waals surface area contributed by atoms with E-state index in [0.29, 0.717) is 21.1 Å². The number of rotatable bonds is 5. The summed E-state index contributed by atoms with van der Waals surface area (Å²) in [4.78, 5) is 33.3. The number of hydrogen-bond acceptors (Lipinski definition) is 5. The van der Waals surface area contributed by atoms with Crippen molar-refractivity contribution in [1.29, 1.82) is 0 Å². The third kappa shape index (κ3) is 4.04. The molecule has 1 atom stereocenters. The number of carbonyl (C=O) groups excluding carboxylic acids is 2. The lowest BCUT2D eigenvalue weighted by molar-refractivity contribution is -0.117. The first kappa shape index (κ1) is 22.7. The van der Waals surface area contributed by atoms with Gasteiger partial charge in [0.25, 0.3) is 5.91 Å². The fraction of sp³-hybridized carbons (Fsp3) is 0.107. The Bertz CT molecular complexity index is 1490. The number of benzene rings is 3. The van der Waals surface area contributed by atoms with Gasteiger partial charge in [-0.05, 0) is 37.6 Å². The molecule has 0 spiro atoms. The Morgan fingerprint density at radius 1 is 1.00 bits per heavy atom. The van der Waals surface area contributed by atoms with Gasteiger partial charge in [0.1, 0.15) is 10.8 Å². The number of halogens is 1. The number of thiazole rings is 1. The minimum Gasteiger partial charge on any atom is -0.503 e. The summed E-state index contributed by atoms with van der Waals surface area (Å²) in [5.41, 5.74) is 3.15.